The molecule has 0 bridgehead atoms. The monoisotopic (exact) mass is 698 g/mol. The van der Waals surface area contributed by atoms with Gasteiger partial charge < -0.3 is 24.5 Å². The Labute approximate surface area is 299 Å². The molecular formula is C41H35FN4O6. The number of benzene rings is 5. The predicted molar refractivity (Wildman–Crippen MR) is 194 cm³/mol. The normalized spacial score (nSPS) is 10.8. The molecule has 5 aromatic carbocycles. The topological polar surface area (TPSA) is 135 Å². The van der Waals surface area contributed by atoms with Crippen molar-refractivity contribution in [3.05, 3.63) is 143 Å². The van der Waals surface area contributed by atoms with Crippen LogP contribution in [-0.2, 0) is 29.2 Å². The number of carboxylic acids is 1. The third-order valence-electron chi connectivity index (χ3n) is 8.45. The minimum absolute atomic E-state index is 0.0328. The van der Waals surface area contributed by atoms with Crippen molar-refractivity contribution in [1.82, 2.24) is 15.1 Å². The quantitative estimate of drug-likeness (QED) is 0.125. The van der Waals surface area contributed by atoms with Crippen molar-refractivity contribution in [1.29, 1.82) is 0 Å². The van der Waals surface area contributed by atoms with E-state index in [1.807, 2.05) is 24.3 Å². The lowest BCUT2D eigenvalue weighted by Crippen LogP contribution is -2.35. The molecule has 0 aliphatic rings. The predicted octanol–water partition coefficient (Wildman–Crippen LogP) is 7.77. The summed E-state index contributed by atoms with van der Waals surface area (Å²) >= 11 is 0. The molecule has 0 saturated heterocycles. The summed E-state index contributed by atoms with van der Waals surface area (Å²) in [4.78, 5) is 39.0. The number of carbonyl (C=O) groups is 3. The summed E-state index contributed by atoms with van der Waals surface area (Å²) in [5.74, 6) is -0.821. The van der Waals surface area contributed by atoms with Gasteiger partial charge in [-0.3, -0.25) is 14.4 Å². The van der Waals surface area contributed by atoms with E-state index in [1.165, 1.54) is 29.7 Å². The Bertz CT molecular complexity index is 2180. The number of nitrogens with one attached hydrogen (secondary N) is 1. The lowest BCUT2D eigenvalue weighted by Gasteiger charge is -2.21. The molecule has 0 unspecified atom stereocenters. The molecule has 0 saturated carbocycles. The number of alkyl halides is 1. The van der Waals surface area contributed by atoms with Gasteiger partial charge in [-0.05, 0) is 95.4 Å². The molecule has 2 amide bonds. The van der Waals surface area contributed by atoms with E-state index in [9.17, 15) is 23.9 Å². The maximum Gasteiger partial charge on any atom is 0.323 e. The molecule has 6 aromatic rings. The zero-order chi connectivity index (χ0) is 36.6. The first-order chi connectivity index (χ1) is 25.2. The first-order valence-electron chi connectivity index (χ1n) is 16.4. The van der Waals surface area contributed by atoms with Gasteiger partial charge >= 0.3 is 5.97 Å². The Kier molecular flexibility index (Phi) is 10.8. The Balaban J connectivity index is 1.08. The van der Waals surface area contributed by atoms with E-state index in [0.29, 0.717) is 45.5 Å². The van der Waals surface area contributed by atoms with E-state index in [0.717, 1.165) is 16.7 Å². The molecule has 0 fully saturated rings. The Morgan fingerprint density at radius 1 is 0.769 bits per heavy atom. The van der Waals surface area contributed by atoms with Crippen molar-refractivity contribution in [2.75, 3.05) is 19.0 Å². The molecule has 262 valence electrons. The number of carboxylic acid groups (broad SMARTS) is 1. The van der Waals surface area contributed by atoms with Crippen LogP contribution in [0.3, 0.4) is 0 Å². The molecule has 0 atom stereocenters. The molecule has 1 aromatic heterocycles. The zero-order valence-corrected chi connectivity index (χ0v) is 28.5. The van der Waals surface area contributed by atoms with Crippen molar-refractivity contribution in [2.45, 2.75) is 26.6 Å². The fraction of sp³-hybridized carbons (Fsp3) is 0.146. The lowest BCUT2D eigenvalue weighted by atomic mass is 10.0. The standard InChI is InChI=1S/C41H35FN4O6/c1-26-3-7-28(8-4-26)29-11-13-31(14-12-29)40-45-44-39(52-40)30-9-5-27(6-10-30)24-46(25-38(48)49)41(50)32-15-18-35(19-16-32)43-37(47)22-33-17-20-36(51-2)21-34(33)23-42/h3-21H,22-25H2,1-2H3,(H,43,47)(H,48,49). The number of rotatable bonds is 13. The van der Waals surface area contributed by atoms with E-state index >= 15 is 0 Å². The smallest absolute Gasteiger partial charge is 0.323 e. The van der Waals surface area contributed by atoms with E-state index in [-0.39, 0.29) is 24.4 Å². The van der Waals surface area contributed by atoms with Gasteiger partial charge in [-0.1, -0.05) is 60.2 Å². The minimum atomic E-state index is -1.16. The second kappa shape index (κ2) is 15.9. The minimum Gasteiger partial charge on any atom is -0.497 e. The van der Waals surface area contributed by atoms with Crippen LogP contribution in [-0.4, -0.2) is 51.6 Å². The highest BCUT2D eigenvalue weighted by molar-refractivity contribution is 5.97. The summed E-state index contributed by atoms with van der Waals surface area (Å²) in [5.41, 5.74) is 7.11. The zero-order valence-electron chi connectivity index (χ0n) is 28.5. The fourth-order valence-electron chi connectivity index (χ4n) is 5.63. The average Bonchev–Trinajstić information content (AvgIpc) is 3.66. The van der Waals surface area contributed by atoms with Crippen molar-refractivity contribution < 1.29 is 33.0 Å². The second-order valence-corrected chi connectivity index (χ2v) is 12.2. The van der Waals surface area contributed by atoms with Gasteiger partial charge in [0.15, 0.2) is 0 Å². The molecular weight excluding hydrogens is 663 g/mol. The third-order valence-corrected chi connectivity index (χ3v) is 8.45. The van der Waals surface area contributed by atoms with Crippen molar-refractivity contribution in [3.8, 4) is 39.8 Å². The van der Waals surface area contributed by atoms with Crippen LogP contribution in [0, 0.1) is 6.92 Å². The van der Waals surface area contributed by atoms with Crippen LogP contribution >= 0.6 is 0 Å². The Hall–Kier alpha value is -6.62. The number of aryl methyl sites for hydroxylation is 1. The molecule has 52 heavy (non-hydrogen) atoms. The van der Waals surface area contributed by atoms with Crippen LogP contribution in [0.2, 0.25) is 0 Å². The highest BCUT2D eigenvalue weighted by atomic mass is 19.1. The molecule has 0 spiro atoms. The number of methoxy groups -OCH3 is 1. The Morgan fingerprint density at radius 3 is 1.92 bits per heavy atom. The Morgan fingerprint density at radius 2 is 1.35 bits per heavy atom. The molecule has 11 heteroatoms. The summed E-state index contributed by atoms with van der Waals surface area (Å²) < 4.78 is 24.6. The van der Waals surface area contributed by atoms with Gasteiger partial charge in [0.2, 0.25) is 17.7 Å². The van der Waals surface area contributed by atoms with E-state index in [4.69, 9.17) is 9.15 Å². The number of amides is 2. The third kappa shape index (κ3) is 8.56. The highest BCUT2D eigenvalue weighted by Crippen LogP contribution is 2.28. The van der Waals surface area contributed by atoms with Gasteiger partial charge in [-0.15, -0.1) is 10.2 Å². The second-order valence-electron chi connectivity index (χ2n) is 12.2. The van der Waals surface area contributed by atoms with E-state index in [1.54, 1.807) is 54.6 Å². The summed E-state index contributed by atoms with van der Waals surface area (Å²) in [5, 5.41) is 20.7. The molecule has 6 rings (SSSR count). The number of ether oxygens (including phenoxy) is 1. The van der Waals surface area contributed by atoms with E-state index < -0.39 is 25.1 Å². The number of anilines is 1. The number of nitrogens with zero attached hydrogens (tertiary/aromatic N) is 3. The molecule has 2 N–H and O–H groups in total. The van der Waals surface area contributed by atoms with Crippen LogP contribution in [0.15, 0.2) is 120 Å². The van der Waals surface area contributed by atoms with Crippen LogP contribution in [0.5, 0.6) is 5.75 Å². The summed E-state index contributed by atoms with van der Waals surface area (Å²) in [6.07, 6.45) is -0.0501. The number of hydrogen-bond acceptors (Lipinski definition) is 7. The number of halogens is 1. The molecule has 10 nitrogen and oxygen atoms in total. The SMILES string of the molecule is COc1ccc(CC(=O)Nc2ccc(C(=O)N(CC(=O)O)Cc3ccc(-c4nnc(-c5ccc(-c6ccc(C)cc6)cc5)o4)cc3)cc2)c(CF)c1. The van der Waals surface area contributed by atoms with Gasteiger partial charge in [-0.2, -0.15) is 0 Å². The van der Waals surface area contributed by atoms with Crippen molar-refractivity contribution in [2.24, 2.45) is 0 Å². The number of hydrogen-bond donors (Lipinski definition) is 2. The molecule has 1 heterocycles. The van der Waals surface area contributed by atoms with Gasteiger partial charge in [0, 0.05) is 28.9 Å². The van der Waals surface area contributed by atoms with E-state index in [2.05, 4.69) is 46.7 Å². The molecule has 0 radical (unpaired) electrons. The summed E-state index contributed by atoms with van der Waals surface area (Å²) in [7, 11) is 1.48. The maximum absolute atomic E-state index is 13.5. The van der Waals surface area contributed by atoms with Gasteiger partial charge in [0.25, 0.3) is 5.91 Å². The first kappa shape index (κ1) is 35.2. The van der Waals surface area contributed by atoms with Crippen LogP contribution < -0.4 is 10.1 Å². The number of aromatic nitrogens is 2. The molecule has 0 aliphatic carbocycles. The van der Waals surface area contributed by atoms with Crippen LogP contribution in [0.1, 0.15) is 32.6 Å². The summed E-state index contributed by atoms with van der Waals surface area (Å²) in [6.45, 7) is 0.826. The molecule has 0 aliphatic heterocycles. The number of carbonyl (C=O) groups excluding carboxylic acids is 2. The van der Waals surface area contributed by atoms with Crippen molar-refractivity contribution >= 4 is 23.5 Å². The fourth-order valence-corrected chi connectivity index (χ4v) is 5.63. The highest BCUT2D eigenvalue weighted by Gasteiger charge is 2.20. The van der Waals surface area contributed by atoms with Gasteiger partial charge in [-0.25, -0.2) is 4.39 Å². The first-order valence-corrected chi connectivity index (χ1v) is 16.4. The number of aliphatic carboxylic acids is 1. The lowest BCUT2D eigenvalue weighted by molar-refractivity contribution is -0.137. The van der Waals surface area contributed by atoms with Crippen LogP contribution in [0.4, 0.5) is 10.1 Å². The average molecular weight is 699 g/mol. The largest absolute Gasteiger partial charge is 0.497 e. The van der Waals surface area contributed by atoms with Gasteiger partial charge in [0.1, 0.15) is 19.0 Å². The summed E-state index contributed by atoms with van der Waals surface area (Å²) in [6, 6.07) is 34.3. The maximum atomic E-state index is 13.5. The van der Waals surface area contributed by atoms with Gasteiger partial charge in [0.05, 0.1) is 13.5 Å². The van der Waals surface area contributed by atoms with Crippen molar-refractivity contribution in [3.63, 3.8) is 0 Å². The van der Waals surface area contributed by atoms with Crippen LogP contribution in [0.25, 0.3) is 34.0 Å².